The van der Waals surface area contributed by atoms with Gasteiger partial charge in [0, 0.05) is 34.3 Å². The van der Waals surface area contributed by atoms with E-state index in [1.54, 1.807) is 12.1 Å². The largest absolute Gasteiger partial charge is 0.358 e. The minimum absolute atomic E-state index is 0.168. The lowest BCUT2D eigenvalue weighted by Crippen LogP contribution is -2.25. The molecule has 2 heterocycles. The number of imide groups is 1. The van der Waals surface area contributed by atoms with Crippen LogP contribution in [0.15, 0.2) is 54.6 Å². The Kier molecular flexibility index (Phi) is 4.22. The molecule has 1 aromatic heterocycles. The highest BCUT2D eigenvalue weighted by Crippen LogP contribution is 2.26. The van der Waals surface area contributed by atoms with Crippen molar-refractivity contribution >= 4 is 45.4 Å². The highest BCUT2D eigenvalue weighted by atomic mass is 32.2. The zero-order valence-corrected chi connectivity index (χ0v) is 14.4. The van der Waals surface area contributed by atoms with Crippen molar-refractivity contribution < 1.29 is 14.4 Å². The fourth-order valence-corrected chi connectivity index (χ4v) is 3.75. The number of aromatic amines is 1. The number of H-pyrrole nitrogens is 1. The van der Waals surface area contributed by atoms with Gasteiger partial charge in [0.25, 0.3) is 11.1 Å². The normalized spacial score (nSPS) is 16.7. The molecule has 0 spiro atoms. The number of hydrogen-bond donors (Lipinski definition) is 3. The van der Waals surface area contributed by atoms with Crippen LogP contribution in [0.25, 0.3) is 10.9 Å². The van der Waals surface area contributed by atoms with Crippen LogP contribution in [-0.4, -0.2) is 27.3 Å². The molecule has 0 aliphatic carbocycles. The molecule has 1 saturated heterocycles. The molecule has 0 saturated carbocycles. The maximum absolute atomic E-state index is 12.3. The van der Waals surface area contributed by atoms with Gasteiger partial charge in [0.1, 0.15) is 0 Å². The molecular weight excluding hydrogens is 350 g/mol. The summed E-state index contributed by atoms with van der Waals surface area (Å²) in [4.78, 5) is 38.5. The van der Waals surface area contributed by atoms with Crippen LogP contribution in [-0.2, 0) is 11.2 Å². The predicted octanol–water partition coefficient (Wildman–Crippen LogP) is 3.31. The quantitative estimate of drug-likeness (QED) is 0.661. The van der Waals surface area contributed by atoms with E-state index in [0.29, 0.717) is 17.7 Å². The molecule has 4 rings (SSSR count). The smallest absolute Gasteiger partial charge is 0.286 e. The average Bonchev–Trinajstić information content (AvgIpc) is 3.17. The third kappa shape index (κ3) is 3.34. The Morgan fingerprint density at radius 2 is 1.88 bits per heavy atom. The minimum Gasteiger partial charge on any atom is -0.358 e. The Morgan fingerprint density at radius 3 is 2.62 bits per heavy atom. The first kappa shape index (κ1) is 16.4. The molecule has 3 N–H and O–H groups in total. The van der Waals surface area contributed by atoms with Gasteiger partial charge in [-0.15, -0.1) is 0 Å². The summed E-state index contributed by atoms with van der Waals surface area (Å²) < 4.78 is 0. The van der Waals surface area contributed by atoms with Gasteiger partial charge in [-0.1, -0.05) is 30.0 Å². The summed E-state index contributed by atoms with van der Waals surface area (Å²) in [6.07, 6.45) is 0.447. The van der Waals surface area contributed by atoms with Gasteiger partial charge in [0.2, 0.25) is 5.91 Å². The highest BCUT2D eigenvalue weighted by Gasteiger charge is 2.31. The summed E-state index contributed by atoms with van der Waals surface area (Å²) in [5, 5.41) is 5.39. The van der Waals surface area contributed by atoms with Gasteiger partial charge in [-0.2, -0.15) is 0 Å². The molecule has 3 amide bonds. The van der Waals surface area contributed by atoms with Crippen LogP contribution < -0.4 is 10.6 Å². The summed E-state index contributed by atoms with van der Waals surface area (Å²) in [5.74, 6) is -0.423. The highest BCUT2D eigenvalue weighted by molar-refractivity contribution is 8.15. The third-order valence-electron chi connectivity index (χ3n) is 4.14. The Balaban J connectivity index is 1.51. The number of rotatable bonds is 4. The monoisotopic (exact) mass is 365 g/mol. The van der Waals surface area contributed by atoms with E-state index in [-0.39, 0.29) is 17.1 Å². The van der Waals surface area contributed by atoms with E-state index >= 15 is 0 Å². The van der Waals surface area contributed by atoms with E-state index in [2.05, 4.69) is 15.6 Å². The lowest BCUT2D eigenvalue weighted by atomic mass is 10.2. The van der Waals surface area contributed by atoms with Gasteiger partial charge in [-0.05, 0) is 36.4 Å². The van der Waals surface area contributed by atoms with E-state index in [9.17, 15) is 14.4 Å². The molecule has 1 aliphatic heterocycles. The standard InChI is InChI=1S/C19H15N3O3S/c23-17(11-4-2-1-3-5-11)21-13-6-7-15-12(8-13)9-14(20-15)10-16-18(24)22-19(25)26-16/h1-9,16,20H,10H2,(H,21,23)(H,22,24,25). The second-order valence-corrected chi connectivity index (χ2v) is 7.18. The van der Waals surface area contributed by atoms with Gasteiger partial charge in [-0.25, -0.2) is 0 Å². The minimum atomic E-state index is -0.409. The van der Waals surface area contributed by atoms with Gasteiger partial charge in [-0.3, -0.25) is 19.7 Å². The Labute approximate surface area is 153 Å². The summed E-state index contributed by atoms with van der Waals surface area (Å²) in [7, 11) is 0. The first-order valence-corrected chi connectivity index (χ1v) is 8.96. The maximum Gasteiger partial charge on any atom is 0.286 e. The molecule has 2 aromatic carbocycles. The SMILES string of the molecule is O=C1NC(=O)C(Cc2cc3cc(NC(=O)c4ccccc4)ccc3[nH]2)S1. The molecule has 1 fully saturated rings. The van der Waals surface area contributed by atoms with Crippen molar-refractivity contribution in [3.63, 3.8) is 0 Å². The molecule has 7 heteroatoms. The van der Waals surface area contributed by atoms with Crippen LogP contribution in [0.1, 0.15) is 16.1 Å². The van der Waals surface area contributed by atoms with Crippen molar-refractivity contribution in [2.24, 2.45) is 0 Å². The van der Waals surface area contributed by atoms with Crippen molar-refractivity contribution in [2.45, 2.75) is 11.7 Å². The number of thioether (sulfide) groups is 1. The number of carbonyl (C=O) groups excluding carboxylic acids is 3. The number of nitrogens with one attached hydrogen (secondary N) is 3. The molecule has 26 heavy (non-hydrogen) atoms. The fourth-order valence-electron chi connectivity index (χ4n) is 2.90. The lowest BCUT2D eigenvalue weighted by molar-refractivity contribution is -0.118. The van der Waals surface area contributed by atoms with Crippen molar-refractivity contribution in [3.8, 4) is 0 Å². The van der Waals surface area contributed by atoms with Crippen molar-refractivity contribution in [3.05, 3.63) is 65.9 Å². The molecule has 0 bridgehead atoms. The summed E-state index contributed by atoms with van der Waals surface area (Å²) in [6, 6.07) is 16.5. The van der Waals surface area contributed by atoms with Crippen LogP contribution >= 0.6 is 11.8 Å². The maximum atomic E-state index is 12.3. The van der Waals surface area contributed by atoms with Crippen LogP contribution in [0.5, 0.6) is 0 Å². The Hall–Kier alpha value is -3.06. The predicted molar refractivity (Wildman–Crippen MR) is 101 cm³/mol. The average molecular weight is 365 g/mol. The summed E-state index contributed by atoms with van der Waals surface area (Å²) in [6.45, 7) is 0. The van der Waals surface area contributed by atoms with Crippen LogP contribution in [0.2, 0.25) is 0 Å². The lowest BCUT2D eigenvalue weighted by Gasteiger charge is -2.05. The topological polar surface area (TPSA) is 91.1 Å². The number of anilines is 1. The number of fused-ring (bicyclic) bond motifs is 1. The van der Waals surface area contributed by atoms with Crippen molar-refractivity contribution in [1.82, 2.24) is 10.3 Å². The Bertz CT molecular complexity index is 1010. The molecular formula is C19H15N3O3S. The number of hydrogen-bond acceptors (Lipinski definition) is 4. The van der Waals surface area contributed by atoms with Crippen molar-refractivity contribution in [1.29, 1.82) is 0 Å². The first-order chi connectivity index (χ1) is 12.6. The number of benzene rings is 2. The summed E-state index contributed by atoms with van der Waals surface area (Å²) >= 11 is 1.01. The molecule has 0 radical (unpaired) electrons. The molecule has 1 atom stereocenters. The summed E-state index contributed by atoms with van der Waals surface area (Å²) in [5.41, 5.74) is 3.07. The Morgan fingerprint density at radius 1 is 1.08 bits per heavy atom. The number of aromatic nitrogens is 1. The van der Waals surface area contributed by atoms with Crippen molar-refractivity contribution in [2.75, 3.05) is 5.32 Å². The van der Waals surface area contributed by atoms with Gasteiger partial charge >= 0.3 is 0 Å². The van der Waals surface area contributed by atoms with Crippen LogP contribution in [0, 0.1) is 0 Å². The second-order valence-electron chi connectivity index (χ2n) is 6.00. The van der Waals surface area contributed by atoms with E-state index in [1.165, 1.54) is 0 Å². The molecule has 1 unspecified atom stereocenters. The van der Waals surface area contributed by atoms with E-state index in [4.69, 9.17) is 0 Å². The molecule has 1 aliphatic rings. The number of amides is 3. The van der Waals surface area contributed by atoms with Crippen LogP contribution in [0.3, 0.4) is 0 Å². The van der Waals surface area contributed by atoms with E-state index in [0.717, 1.165) is 28.4 Å². The molecule has 130 valence electrons. The molecule has 6 nitrogen and oxygen atoms in total. The molecule has 3 aromatic rings. The second kappa shape index (κ2) is 6.68. The van der Waals surface area contributed by atoms with E-state index < -0.39 is 5.25 Å². The van der Waals surface area contributed by atoms with Gasteiger partial charge in [0.05, 0.1) is 5.25 Å². The zero-order chi connectivity index (χ0) is 18.1. The van der Waals surface area contributed by atoms with Crippen LogP contribution in [0.4, 0.5) is 10.5 Å². The zero-order valence-electron chi connectivity index (χ0n) is 13.6. The number of carbonyl (C=O) groups is 3. The fraction of sp³-hybridized carbons (Fsp3) is 0.105. The first-order valence-electron chi connectivity index (χ1n) is 8.08. The van der Waals surface area contributed by atoms with E-state index in [1.807, 2.05) is 42.5 Å². The van der Waals surface area contributed by atoms with Gasteiger partial charge in [0.15, 0.2) is 0 Å². The van der Waals surface area contributed by atoms with Gasteiger partial charge < -0.3 is 10.3 Å². The third-order valence-corrected chi connectivity index (χ3v) is 5.12.